The van der Waals surface area contributed by atoms with Gasteiger partial charge in [-0.05, 0) is 26.0 Å². The Hall–Kier alpha value is -0.946. The van der Waals surface area contributed by atoms with Crippen LogP contribution in [-0.2, 0) is 36.2 Å². The van der Waals surface area contributed by atoms with Crippen LogP contribution in [0.15, 0.2) is 23.7 Å². The minimum atomic E-state index is -0.472. The molecule has 0 N–H and O–H groups in total. The number of rotatable bonds is 4. The van der Waals surface area contributed by atoms with Gasteiger partial charge in [-0.2, -0.15) is 0 Å². The van der Waals surface area contributed by atoms with Gasteiger partial charge in [0.25, 0.3) is 0 Å². The van der Waals surface area contributed by atoms with Gasteiger partial charge in [-0.25, -0.2) is 0 Å². The number of carbonyl (C=O) groups is 2. The zero-order chi connectivity index (χ0) is 15.8. The molecule has 0 atom stereocenters. The monoisotopic (exact) mass is 308 g/mol. The summed E-state index contributed by atoms with van der Waals surface area (Å²) in [6.07, 6.45) is 2.11. The molecule has 19 heavy (non-hydrogen) atoms. The fourth-order valence-electron chi connectivity index (χ4n) is 0.656. The van der Waals surface area contributed by atoms with Crippen LogP contribution in [0.1, 0.15) is 27.7 Å². The van der Waals surface area contributed by atoms with Crippen LogP contribution in [-0.4, -0.2) is 25.8 Å². The Morgan fingerprint density at radius 1 is 0.842 bits per heavy atom. The molecular weight excluding hydrogens is 288 g/mol. The van der Waals surface area contributed by atoms with E-state index in [1.807, 2.05) is 0 Å². The summed E-state index contributed by atoms with van der Waals surface area (Å²) < 4.78 is 9.19. The summed E-state index contributed by atoms with van der Waals surface area (Å²) >= 11 is -0.472. The van der Waals surface area contributed by atoms with Gasteiger partial charge in [0, 0.05) is 0 Å². The van der Waals surface area contributed by atoms with Crippen LogP contribution in [0.2, 0.25) is 0 Å². The second kappa shape index (κ2) is 17.1. The predicted molar refractivity (Wildman–Crippen MR) is 62.9 cm³/mol. The molecule has 0 bridgehead atoms. The van der Waals surface area contributed by atoms with E-state index >= 15 is 0 Å². The van der Waals surface area contributed by atoms with Crippen molar-refractivity contribution in [1.29, 1.82) is 0 Å². The third-order valence-corrected chi connectivity index (χ3v) is 1.50. The first-order chi connectivity index (χ1) is 8.67. The number of hydrogen-bond donors (Lipinski definition) is 0. The first-order valence-corrected chi connectivity index (χ1v) is 6.47. The van der Waals surface area contributed by atoms with E-state index in [0.717, 1.165) is 12.2 Å². The van der Waals surface area contributed by atoms with Crippen LogP contribution in [0.4, 0.5) is 0 Å². The molecule has 0 aliphatic carbocycles. The van der Waals surface area contributed by atoms with Crippen molar-refractivity contribution in [2.24, 2.45) is 0 Å². The Kier molecular flexibility index (Phi) is 20.8. The SMILES string of the molecule is CC(=O)/C=C(/C)[O-].CC(=O)/C=C(/C)[O-].C[O][Ti+2][O]C. The molecule has 0 radical (unpaired) electrons. The molecular formula is C12H20O6Ti. The molecule has 0 aromatic heterocycles. The van der Waals surface area contributed by atoms with Gasteiger partial charge in [-0.3, -0.25) is 9.59 Å². The zero-order valence-corrected chi connectivity index (χ0v) is 13.7. The van der Waals surface area contributed by atoms with Crippen molar-refractivity contribution >= 4 is 11.6 Å². The van der Waals surface area contributed by atoms with E-state index in [2.05, 4.69) is 6.64 Å². The van der Waals surface area contributed by atoms with Crippen LogP contribution in [0.3, 0.4) is 0 Å². The number of carbonyl (C=O) groups excluding carboxylic acids is 2. The summed E-state index contributed by atoms with van der Waals surface area (Å²) in [5.41, 5.74) is 0. The van der Waals surface area contributed by atoms with Crippen molar-refractivity contribution in [3.05, 3.63) is 23.7 Å². The second-order valence-corrected chi connectivity index (χ2v) is 4.76. The predicted octanol–water partition coefficient (Wildman–Crippen LogP) is -0.129. The summed E-state index contributed by atoms with van der Waals surface area (Å²) in [5, 5.41) is 20.0. The van der Waals surface area contributed by atoms with Gasteiger partial charge >= 0.3 is 40.8 Å². The van der Waals surface area contributed by atoms with Gasteiger partial charge in [0.15, 0.2) is 11.6 Å². The van der Waals surface area contributed by atoms with Crippen LogP contribution >= 0.6 is 0 Å². The Labute approximate surface area is 124 Å². The van der Waals surface area contributed by atoms with Crippen molar-refractivity contribution in [2.45, 2.75) is 27.7 Å². The van der Waals surface area contributed by atoms with Gasteiger partial charge in [-0.1, -0.05) is 13.8 Å². The molecule has 0 unspecified atom stereocenters. The number of ketones is 2. The Morgan fingerprint density at radius 2 is 1.11 bits per heavy atom. The maximum absolute atomic E-state index is 9.98. The Morgan fingerprint density at radius 3 is 1.11 bits per heavy atom. The van der Waals surface area contributed by atoms with Gasteiger partial charge < -0.3 is 10.2 Å². The van der Waals surface area contributed by atoms with E-state index in [1.165, 1.54) is 27.7 Å². The quantitative estimate of drug-likeness (QED) is 0.407. The summed E-state index contributed by atoms with van der Waals surface area (Å²) in [7, 11) is 3.28. The molecule has 0 aromatic carbocycles. The van der Waals surface area contributed by atoms with E-state index in [9.17, 15) is 19.8 Å². The van der Waals surface area contributed by atoms with Crippen LogP contribution in [0, 0.1) is 0 Å². The number of allylic oxidation sites excluding steroid dienone is 4. The van der Waals surface area contributed by atoms with Crippen molar-refractivity contribution in [2.75, 3.05) is 14.2 Å². The zero-order valence-electron chi connectivity index (χ0n) is 12.1. The summed E-state index contributed by atoms with van der Waals surface area (Å²) in [5.74, 6) is -0.750. The minimum absolute atomic E-state index is 0.187. The number of hydrogen-bond acceptors (Lipinski definition) is 6. The fourth-order valence-corrected chi connectivity index (χ4v) is 0.916. The van der Waals surface area contributed by atoms with Crippen molar-refractivity contribution in [3.63, 3.8) is 0 Å². The summed E-state index contributed by atoms with van der Waals surface area (Å²) in [4.78, 5) is 20.0. The van der Waals surface area contributed by atoms with Crippen molar-refractivity contribution < 1.29 is 46.4 Å². The Balaban J connectivity index is -0.000000206. The summed E-state index contributed by atoms with van der Waals surface area (Å²) in [6, 6.07) is 0. The third kappa shape index (κ3) is 47.1. The van der Waals surface area contributed by atoms with Gasteiger partial charge in [-0.15, -0.1) is 11.5 Å². The van der Waals surface area contributed by atoms with Crippen molar-refractivity contribution in [1.82, 2.24) is 0 Å². The van der Waals surface area contributed by atoms with Gasteiger partial charge in [0.1, 0.15) is 0 Å². The first-order valence-electron chi connectivity index (χ1n) is 5.20. The topological polar surface area (TPSA) is 98.7 Å². The average molecular weight is 308 g/mol. The third-order valence-electron chi connectivity index (χ3n) is 0.980. The maximum atomic E-state index is 9.98. The second-order valence-electron chi connectivity index (χ2n) is 3.22. The summed E-state index contributed by atoms with van der Waals surface area (Å²) in [6.45, 7) is 5.39. The van der Waals surface area contributed by atoms with E-state index in [0.29, 0.717) is 0 Å². The van der Waals surface area contributed by atoms with Gasteiger partial charge in [0.05, 0.1) is 0 Å². The standard InChI is InChI=1S/2C5H8O2.2CH3O.Ti/c2*1-4(6)3-5(2)7;2*1-2;/h2*3,6H,1-2H3;2*1H3;/q;;2*-1;+4/p-2/b2*4-3-;;;. The molecule has 108 valence electrons. The molecule has 0 spiro atoms. The molecule has 0 aromatic rings. The van der Waals surface area contributed by atoms with E-state index in [-0.39, 0.29) is 23.1 Å². The fraction of sp³-hybridized carbons (Fsp3) is 0.500. The van der Waals surface area contributed by atoms with E-state index < -0.39 is 19.9 Å². The normalized spacial score (nSPS) is 10.2. The molecule has 0 aliphatic heterocycles. The van der Waals surface area contributed by atoms with E-state index in [1.54, 1.807) is 14.2 Å². The first kappa shape index (κ1) is 23.2. The molecule has 0 saturated heterocycles. The van der Waals surface area contributed by atoms with E-state index in [4.69, 9.17) is 0 Å². The molecule has 7 heteroatoms. The van der Waals surface area contributed by atoms with Crippen LogP contribution in [0.25, 0.3) is 0 Å². The molecule has 0 fully saturated rings. The molecule has 0 aliphatic rings. The van der Waals surface area contributed by atoms with Crippen molar-refractivity contribution in [3.8, 4) is 0 Å². The molecule has 0 amide bonds. The molecule has 6 nitrogen and oxygen atoms in total. The average Bonchev–Trinajstić information content (AvgIpc) is 2.15. The van der Waals surface area contributed by atoms with Crippen LogP contribution in [0.5, 0.6) is 0 Å². The van der Waals surface area contributed by atoms with Gasteiger partial charge in [0.2, 0.25) is 0 Å². The Bertz CT molecular complexity index is 271. The molecule has 0 heterocycles. The molecule has 0 saturated carbocycles. The molecule has 0 rings (SSSR count). The van der Waals surface area contributed by atoms with Crippen LogP contribution < -0.4 is 10.2 Å².